The zero-order valence-corrected chi connectivity index (χ0v) is 5.71. The van der Waals surface area contributed by atoms with Gasteiger partial charge in [0.05, 0.1) is 6.42 Å². The fraction of sp³-hybridized carbons (Fsp3) is 0.571. The summed E-state index contributed by atoms with van der Waals surface area (Å²) in [5.41, 5.74) is 0. The molecule has 3 heteroatoms. The molecule has 0 saturated heterocycles. The normalized spacial score (nSPS) is 8.80. The van der Waals surface area contributed by atoms with Crippen LogP contribution in [0.15, 0.2) is 0 Å². The highest BCUT2D eigenvalue weighted by molar-refractivity contribution is 5.89. The van der Waals surface area contributed by atoms with Crippen LogP contribution in [0, 0.1) is 0 Å². The van der Waals surface area contributed by atoms with Gasteiger partial charge in [-0.25, -0.2) is 0 Å². The number of rotatable bonds is 6. The summed E-state index contributed by atoms with van der Waals surface area (Å²) in [6, 6.07) is 0. The molecular weight excluding hydrogens is 132 g/mol. The van der Waals surface area contributed by atoms with Crippen molar-refractivity contribution in [2.24, 2.45) is 0 Å². The molecule has 56 valence electrons. The minimum Gasteiger partial charge on any atom is -0.303 e. The molecule has 0 aromatic heterocycles. The van der Waals surface area contributed by atoms with Crippen molar-refractivity contribution >= 4 is 18.4 Å². The fourth-order valence-electron chi connectivity index (χ4n) is 0.578. The first kappa shape index (κ1) is 9.01. The quantitative estimate of drug-likeness (QED) is 0.308. The highest BCUT2D eigenvalue weighted by Gasteiger charge is 1.98. The van der Waals surface area contributed by atoms with Gasteiger partial charge in [-0.1, -0.05) is 0 Å². The van der Waals surface area contributed by atoms with Gasteiger partial charge in [-0.15, -0.1) is 0 Å². The van der Waals surface area contributed by atoms with Crippen molar-refractivity contribution in [1.29, 1.82) is 0 Å². The molecule has 0 radical (unpaired) electrons. The van der Waals surface area contributed by atoms with E-state index in [2.05, 4.69) is 0 Å². The Morgan fingerprint density at radius 1 is 1.20 bits per heavy atom. The van der Waals surface area contributed by atoms with E-state index in [4.69, 9.17) is 0 Å². The minimum atomic E-state index is -0.0862. The van der Waals surface area contributed by atoms with Crippen molar-refractivity contribution in [2.45, 2.75) is 25.7 Å². The summed E-state index contributed by atoms with van der Waals surface area (Å²) >= 11 is 0. The molecule has 10 heavy (non-hydrogen) atoms. The second kappa shape index (κ2) is 6.13. The Bertz CT molecular complexity index is 129. The van der Waals surface area contributed by atoms with Crippen molar-refractivity contribution < 1.29 is 14.4 Å². The highest BCUT2D eigenvalue weighted by Crippen LogP contribution is 1.95. The smallest absolute Gasteiger partial charge is 0.139 e. The van der Waals surface area contributed by atoms with E-state index in [9.17, 15) is 14.4 Å². The van der Waals surface area contributed by atoms with Crippen LogP contribution >= 0.6 is 0 Å². The zero-order chi connectivity index (χ0) is 7.82. The zero-order valence-electron chi connectivity index (χ0n) is 5.71. The standard InChI is InChI=1S/C7H10O3/c8-5-2-1-3-7(10)4-6-9/h5-6H,1-4H2. The lowest BCUT2D eigenvalue weighted by molar-refractivity contribution is -0.122. The topological polar surface area (TPSA) is 51.2 Å². The van der Waals surface area contributed by atoms with Crippen molar-refractivity contribution in [3.63, 3.8) is 0 Å². The molecule has 0 aliphatic rings. The number of hydrogen-bond donors (Lipinski definition) is 0. The molecule has 0 heterocycles. The Kier molecular flexibility index (Phi) is 5.53. The Morgan fingerprint density at radius 2 is 1.90 bits per heavy atom. The van der Waals surface area contributed by atoms with Gasteiger partial charge < -0.3 is 9.59 Å². The summed E-state index contributed by atoms with van der Waals surface area (Å²) in [6.07, 6.45) is 2.66. The maximum Gasteiger partial charge on any atom is 0.139 e. The molecule has 0 aromatic carbocycles. The van der Waals surface area contributed by atoms with Crippen molar-refractivity contribution in [3.05, 3.63) is 0 Å². The Balaban J connectivity index is 3.20. The second-order valence-corrected chi connectivity index (χ2v) is 1.97. The van der Waals surface area contributed by atoms with Crippen molar-refractivity contribution in [3.8, 4) is 0 Å². The van der Waals surface area contributed by atoms with E-state index in [1.165, 1.54) is 0 Å². The molecular formula is C7H10O3. The molecule has 0 rings (SSSR count). The van der Waals surface area contributed by atoms with Crippen LogP contribution < -0.4 is 0 Å². The monoisotopic (exact) mass is 142 g/mol. The molecule has 0 spiro atoms. The summed E-state index contributed by atoms with van der Waals surface area (Å²) in [5.74, 6) is -0.0862. The molecule has 0 saturated carbocycles. The number of carbonyl (C=O) groups is 3. The van der Waals surface area contributed by atoms with E-state index in [1.54, 1.807) is 0 Å². The summed E-state index contributed by atoms with van der Waals surface area (Å²) < 4.78 is 0. The number of hydrogen-bond acceptors (Lipinski definition) is 3. The van der Waals surface area contributed by atoms with Crippen LogP contribution in [0.1, 0.15) is 25.7 Å². The average Bonchev–Trinajstić information content (AvgIpc) is 1.89. The largest absolute Gasteiger partial charge is 0.303 e. The summed E-state index contributed by atoms with van der Waals surface area (Å²) in [4.78, 5) is 30.1. The van der Waals surface area contributed by atoms with Crippen molar-refractivity contribution in [2.75, 3.05) is 0 Å². The lowest BCUT2D eigenvalue weighted by atomic mass is 10.1. The van der Waals surface area contributed by atoms with Gasteiger partial charge in [0.15, 0.2) is 0 Å². The van der Waals surface area contributed by atoms with Gasteiger partial charge in [-0.05, 0) is 6.42 Å². The molecule has 0 aliphatic carbocycles. The Hall–Kier alpha value is -0.990. The second-order valence-electron chi connectivity index (χ2n) is 1.97. The van der Waals surface area contributed by atoms with Crippen LogP contribution in [-0.4, -0.2) is 18.4 Å². The minimum absolute atomic E-state index is 0.0150. The van der Waals surface area contributed by atoms with E-state index in [1.807, 2.05) is 0 Å². The maximum absolute atomic E-state index is 10.6. The highest BCUT2D eigenvalue weighted by atomic mass is 16.1. The molecule has 0 unspecified atom stereocenters. The number of Topliss-reactive ketones (excluding diaryl/α,β-unsaturated/α-hetero) is 1. The molecule has 0 N–H and O–H groups in total. The maximum atomic E-state index is 10.6. The van der Waals surface area contributed by atoms with Crippen molar-refractivity contribution in [1.82, 2.24) is 0 Å². The van der Waals surface area contributed by atoms with Gasteiger partial charge in [0, 0.05) is 12.8 Å². The Morgan fingerprint density at radius 3 is 2.40 bits per heavy atom. The lowest BCUT2D eigenvalue weighted by Gasteiger charge is -1.90. The summed E-state index contributed by atoms with van der Waals surface area (Å²) in [5, 5.41) is 0. The summed E-state index contributed by atoms with van der Waals surface area (Å²) in [6.45, 7) is 0. The predicted octanol–water partition coefficient (Wildman–Crippen LogP) is 0.514. The summed E-state index contributed by atoms with van der Waals surface area (Å²) in [7, 11) is 0. The first-order valence-corrected chi connectivity index (χ1v) is 3.20. The number of ketones is 1. The molecule has 0 fully saturated rings. The van der Waals surface area contributed by atoms with Crippen LogP contribution in [0.4, 0.5) is 0 Å². The molecule has 0 bridgehead atoms. The Labute approximate surface area is 59.4 Å². The van der Waals surface area contributed by atoms with E-state index in [-0.39, 0.29) is 12.2 Å². The van der Waals surface area contributed by atoms with Crippen LogP contribution in [0.2, 0.25) is 0 Å². The van der Waals surface area contributed by atoms with E-state index in [0.29, 0.717) is 25.5 Å². The number of aldehydes is 2. The predicted molar refractivity (Wildman–Crippen MR) is 35.6 cm³/mol. The third-order valence-electron chi connectivity index (χ3n) is 1.09. The molecule has 0 amide bonds. The van der Waals surface area contributed by atoms with E-state index >= 15 is 0 Å². The fourth-order valence-corrected chi connectivity index (χ4v) is 0.578. The first-order valence-electron chi connectivity index (χ1n) is 3.20. The molecule has 0 aromatic rings. The van der Waals surface area contributed by atoms with Gasteiger partial charge in [-0.2, -0.15) is 0 Å². The van der Waals surface area contributed by atoms with Gasteiger partial charge in [0.1, 0.15) is 18.4 Å². The number of carbonyl (C=O) groups excluding carboxylic acids is 3. The van der Waals surface area contributed by atoms with E-state index in [0.717, 1.165) is 6.29 Å². The number of unbranched alkanes of at least 4 members (excludes halogenated alkanes) is 1. The molecule has 3 nitrogen and oxygen atoms in total. The van der Waals surface area contributed by atoms with Crippen LogP contribution in [-0.2, 0) is 14.4 Å². The lowest BCUT2D eigenvalue weighted by Crippen LogP contribution is -1.97. The van der Waals surface area contributed by atoms with Crippen LogP contribution in [0.5, 0.6) is 0 Å². The first-order chi connectivity index (χ1) is 4.81. The van der Waals surface area contributed by atoms with Gasteiger partial charge >= 0.3 is 0 Å². The third kappa shape index (κ3) is 5.15. The molecule has 0 aliphatic heterocycles. The van der Waals surface area contributed by atoms with E-state index < -0.39 is 0 Å². The average molecular weight is 142 g/mol. The third-order valence-corrected chi connectivity index (χ3v) is 1.09. The van der Waals surface area contributed by atoms with Crippen LogP contribution in [0.25, 0.3) is 0 Å². The van der Waals surface area contributed by atoms with Crippen LogP contribution in [0.3, 0.4) is 0 Å². The van der Waals surface area contributed by atoms with Gasteiger partial charge in [-0.3, -0.25) is 4.79 Å². The van der Waals surface area contributed by atoms with Gasteiger partial charge in [0.25, 0.3) is 0 Å². The van der Waals surface area contributed by atoms with Gasteiger partial charge in [0.2, 0.25) is 0 Å². The SMILES string of the molecule is O=CCCCC(=O)CC=O. The molecule has 0 atom stereocenters.